The number of rotatable bonds is 5. The minimum atomic E-state index is -4.57. The van der Waals surface area contributed by atoms with E-state index in [2.05, 4.69) is 30.8 Å². The highest BCUT2D eigenvalue weighted by Crippen LogP contribution is 2.42. The number of alkyl carbamates (subject to hydrolysis) is 1. The van der Waals surface area contributed by atoms with Gasteiger partial charge in [0.05, 0.1) is 16.8 Å². The zero-order valence-corrected chi connectivity index (χ0v) is 22.2. The minimum Gasteiger partial charge on any atom is -0.444 e. The number of aromatic nitrogens is 4. The maximum atomic E-state index is 15.0. The Morgan fingerprint density at radius 1 is 1.13 bits per heavy atom. The Labute approximate surface area is 222 Å². The minimum absolute atomic E-state index is 0.0223. The SMILES string of the molecule is CC1(NC(=O)OC(C)(C)C)CCN(c2nc(Nc3n[nH]c(C4CC4)c3F)c3cc(C(F)(F)F)ccc3n2)CC1. The number of nitrogens with zero attached hydrogens (tertiary/aromatic N) is 4. The highest BCUT2D eigenvalue weighted by Gasteiger charge is 2.35. The molecule has 2 aromatic heterocycles. The molecule has 1 aliphatic carbocycles. The number of benzene rings is 1. The van der Waals surface area contributed by atoms with E-state index < -0.39 is 34.8 Å². The molecular weight excluding hydrogens is 518 g/mol. The van der Waals surface area contributed by atoms with Crippen molar-refractivity contribution in [3.05, 3.63) is 35.3 Å². The molecule has 1 saturated heterocycles. The summed E-state index contributed by atoms with van der Waals surface area (Å²) in [6.45, 7) is 8.25. The lowest BCUT2D eigenvalue weighted by molar-refractivity contribution is -0.137. The van der Waals surface area contributed by atoms with Crippen molar-refractivity contribution < 1.29 is 27.1 Å². The van der Waals surface area contributed by atoms with Gasteiger partial charge in [-0.15, -0.1) is 0 Å². The van der Waals surface area contributed by atoms with Crippen molar-refractivity contribution in [3.63, 3.8) is 0 Å². The number of H-pyrrole nitrogens is 1. The van der Waals surface area contributed by atoms with Crippen molar-refractivity contribution in [2.24, 2.45) is 0 Å². The maximum absolute atomic E-state index is 15.0. The molecule has 1 saturated carbocycles. The molecule has 9 nitrogen and oxygen atoms in total. The fourth-order valence-electron chi connectivity index (χ4n) is 4.58. The van der Waals surface area contributed by atoms with Crippen molar-refractivity contribution in [2.75, 3.05) is 23.3 Å². The van der Waals surface area contributed by atoms with E-state index in [0.717, 1.165) is 25.0 Å². The first-order chi connectivity index (χ1) is 18.2. The molecule has 0 atom stereocenters. The van der Waals surface area contributed by atoms with Crippen LogP contribution < -0.4 is 15.5 Å². The van der Waals surface area contributed by atoms with Gasteiger partial charge in [0.2, 0.25) is 5.95 Å². The maximum Gasteiger partial charge on any atom is 0.416 e. The van der Waals surface area contributed by atoms with Gasteiger partial charge >= 0.3 is 12.3 Å². The standard InChI is InChI=1S/C26H31F4N7O2/c1-24(2,3)39-23(38)34-25(4)9-11-37(12-10-25)22-31-17-8-7-15(26(28,29)30)13-16(17)20(33-22)32-21-18(27)19(35-36-21)14-5-6-14/h7-8,13-14H,5-6,9-12H2,1-4H3,(H,34,38)(H2,31,32,33,35,36). The quantitative estimate of drug-likeness (QED) is 0.334. The number of anilines is 3. The first-order valence-corrected chi connectivity index (χ1v) is 12.9. The summed E-state index contributed by atoms with van der Waals surface area (Å²) in [5.41, 5.74) is -1.36. The van der Waals surface area contributed by atoms with E-state index in [1.54, 1.807) is 20.8 Å². The van der Waals surface area contributed by atoms with Gasteiger partial charge in [-0.25, -0.2) is 14.2 Å². The number of amides is 1. The molecule has 2 aliphatic rings. The Hall–Kier alpha value is -3.64. The van der Waals surface area contributed by atoms with Gasteiger partial charge in [-0.2, -0.15) is 23.3 Å². The molecule has 3 heterocycles. The van der Waals surface area contributed by atoms with Crippen LogP contribution in [0.5, 0.6) is 0 Å². The van der Waals surface area contributed by atoms with Gasteiger partial charge in [-0.1, -0.05) is 0 Å². The second-order valence-corrected chi connectivity index (χ2v) is 11.5. The van der Waals surface area contributed by atoms with Crippen molar-refractivity contribution in [2.45, 2.75) is 76.6 Å². The van der Waals surface area contributed by atoms with Gasteiger partial charge in [0, 0.05) is 29.9 Å². The average molecular weight is 550 g/mol. The van der Waals surface area contributed by atoms with Gasteiger partial charge in [0.15, 0.2) is 11.6 Å². The predicted octanol–water partition coefficient (Wildman–Crippen LogP) is 6.02. The van der Waals surface area contributed by atoms with Gasteiger partial charge in [0.1, 0.15) is 11.4 Å². The van der Waals surface area contributed by atoms with E-state index in [1.165, 1.54) is 6.07 Å². The van der Waals surface area contributed by atoms with Crippen LogP contribution >= 0.6 is 0 Å². The molecule has 2 fully saturated rings. The normalized spacial score (nSPS) is 17.8. The number of fused-ring (bicyclic) bond motifs is 1. The molecule has 1 aliphatic heterocycles. The number of halogens is 4. The average Bonchev–Trinajstić information content (AvgIpc) is 3.60. The smallest absolute Gasteiger partial charge is 0.416 e. The Morgan fingerprint density at radius 3 is 2.44 bits per heavy atom. The Balaban J connectivity index is 1.42. The molecule has 0 unspecified atom stereocenters. The van der Waals surface area contributed by atoms with Crippen molar-refractivity contribution >= 4 is 34.6 Å². The lowest BCUT2D eigenvalue weighted by Gasteiger charge is -2.40. The number of carbonyl (C=O) groups excluding carboxylic acids is 1. The third-order valence-electron chi connectivity index (χ3n) is 6.92. The number of aromatic amines is 1. The molecular formula is C26H31F4N7O2. The second kappa shape index (κ2) is 9.53. The van der Waals surface area contributed by atoms with E-state index in [4.69, 9.17) is 4.74 Å². The van der Waals surface area contributed by atoms with E-state index in [0.29, 0.717) is 31.6 Å². The molecule has 0 bridgehead atoms. The van der Waals surface area contributed by atoms with Crippen LogP contribution in [0.3, 0.4) is 0 Å². The van der Waals surface area contributed by atoms with Crippen molar-refractivity contribution in [3.8, 4) is 0 Å². The largest absolute Gasteiger partial charge is 0.444 e. The van der Waals surface area contributed by atoms with E-state index in [9.17, 15) is 22.4 Å². The third-order valence-corrected chi connectivity index (χ3v) is 6.92. The second-order valence-electron chi connectivity index (χ2n) is 11.5. The Morgan fingerprint density at radius 2 is 1.82 bits per heavy atom. The highest BCUT2D eigenvalue weighted by atomic mass is 19.4. The van der Waals surface area contributed by atoms with Crippen LogP contribution in [0.15, 0.2) is 18.2 Å². The number of hydrogen-bond acceptors (Lipinski definition) is 7. The van der Waals surface area contributed by atoms with Crippen LogP contribution in [-0.4, -0.2) is 50.5 Å². The molecule has 39 heavy (non-hydrogen) atoms. The van der Waals surface area contributed by atoms with Crippen LogP contribution in [0.1, 0.15) is 70.6 Å². The van der Waals surface area contributed by atoms with Crippen molar-refractivity contribution in [1.82, 2.24) is 25.5 Å². The molecule has 1 aromatic carbocycles. The fraction of sp³-hybridized carbons (Fsp3) is 0.538. The van der Waals surface area contributed by atoms with Crippen molar-refractivity contribution in [1.29, 1.82) is 0 Å². The van der Waals surface area contributed by atoms with Gasteiger partial charge < -0.3 is 20.3 Å². The Kier molecular flexibility index (Phi) is 6.58. The van der Waals surface area contributed by atoms with Crippen LogP contribution in [0.4, 0.5) is 39.9 Å². The fourth-order valence-corrected chi connectivity index (χ4v) is 4.58. The summed E-state index contributed by atoms with van der Waals surface area (Å²) in [5, 5.41) is 12.5. The molecule has 0 radical (unpaired) electrons. The Bertz CT molecular complexity index is 1390. The molecule has 3 aromatic rings. The van der Waals surface area contributed by atoms with Gasteiger partial charge in [-0.3, -0.25) is 5.10 Å². The number of piperidine rings is 1. The first kappa shape index (κ1) is 26.9. The number of nitrogens with one attached hydrogen (secondary N) is 3. The van der Waals surface area contributed by atoms with Crippen LogP contribution in [0, 0.1) is 5.82 Å². The van der Waals surface area contributed by atoms with Gasteiger partial charge in [0.25, 0.3) is 0 Å². The number of hydrogen-bond donors (Lipinski definition) is 3. The molecule has 3 N–H and O–H groups in total. The zero-order chi connectivity index (χ0) is 28.2. The van der Waals surface area contributed by atoms with E-state index in [1.807, 2.05) is 11.8 Å². The zero-order valence-electron chi connectivity index (χ0n) is 22.2. The lowest BCUT2D eigenvalue weighted by Crippen LogP contribution is -2.54. The van der Waals surface area contributed by atoms with Crippen LogP contribution in [0.2, 0.25) is 0 Å². The number of alkyl halides is 3. The first-order valence-electron chi connectivity index (χ1n) is 12.9. The van der Waals surface area contributed by atoms with E-state index >= 15 is 0 Å². The number of ether oxygens (including phenoxy) is 1. The molecule has 0 spiro atoms. The summed E-state index contributed by atoms with van der Waals surface area (Å²) in [4.78, 5) is 23.2. The number of carbonyl (C=O) groups is 1. The summed E-state index contributed by atoms with van der Waals surface area (Å²) in [7, 11) is 0. The summed E-state index contributed by atoms with van der Waals surface area (Å²) in [6, 6.07) is 3.19. The van der Waals surface area contributed by atoms with E-state index in [-0.39, 0.29) is 34.4 Å². The van der Waals surface area contributed by atoms with Gasteiger partial charge in [-0.05, 0) is 71.6 Å². The highest BCUT2D eigenvalue weighted by molar-refractivity contribution is 5.92. The van der Waals surface area contributed by atoms with Crippen LogP contribution in [0.25, 0.3) is 10.9 Å². The molecule has 210 valence electrons. The lowest BCUT2D eigenvalue weighted by atomic mass is 9.90. The monoisotopic (exact) mass is 549 g/mol. The molecule has 1 amide bonds. The molecule has 13 heteroatoms. The third kappa shape index (κ3) is 6.01. The summed E-state index contributed by atoms with van der Waals surface area (Å²) >= 11 is 0. The summed E-state index contributed by atoms with van der Waals surface area (Å²) in [6.07, 6.45) is -2.25. The molecule has 5 rings (SSSR count). The predicted molar refractivity (Wildman–Crippen MR) is 138 cm³/mol. The summed E-state index contributed by atoms with van der Waals surface area (Å²) < 4.78 is 60.8. The summed E-state index contributed by atoms with van der Waals surface area (Å²) in [5.74, 6) is -0.330. The van der Waals surface area contributed by atoms with Crippen LogP contribution in [-0.2, 0) is 10.9 Å². The topological polar surface area (TPSA) is 108 Å².